The van der Waals surface area contributed by atoms with E-state index in [0.717, 1.165) is 73.0 Å². The van der Waals surface area contributed by atoms with E-state index in [9.17, 15) is 4.39 Å². The lowest BCUT2D eigenvalue weighted by atomic mass is 9.62. The van der Waals surface area contributed by atoms with E-state index in [1.807, 2.05) is 30.3 Å². The number of para-hydroxylation sites is 1. The predicted octanol–water partition coefficient (Wildman–Crippen LogP) is 11.0. The Bertz CT molecular complexity index is 2870. The third kappa shape index (κ3) is 5.60. The van der Waals surface area contributed by atoms with Gasteiger partial charge in [0.25, 0.3) is 0 Å². The second-order valence-electron chi connectivity index (χ2n) is 15.2. The van der Waals surface area contributed by atoms with Crippen LogP contribution in [0.25, 0.3) is 72.7 Å². The van der Waals surface area contributed by atoms with Gasteiger partial charge in [0.15, 0.2) is 5.82 Å². The van der Waals surface area contributed by atoms with Crippen molar-refractivity contribution in [2.45, 2.75) is 20.3 Å². The van der Waals surface area contributed by atoms with E-state index in [4.69, 9.17) is 15.0 Å². The summed E-state index contributed by atoms with van der Waals surface area (Å²) in [4.78, 5) is 15.9. The summed E-state index contributed by atoms with van der Waals surface area (Å²) >= 11 is 0. The van der Waals surface area contributed by atoms with Crippen LogP contribution >= 0.6 is 0 Å². The Morgan fingerprint density at radius 3 is 2.27 bits per heavy atom. The Labute approximate surface area is 320 Å². The van der Waals surface area contributed by atoms with Crippen molar-refractivity contribution in [2.75, 3.05) is 0 Å². The highest BCUT2D eigenvalue weighted by molar-refractivity contribution is 5.99. The molecule has 4 aliphatic rings. The molecule has 2 aromatic heterocycles. The molecule has 0 bridgehead atoms. The van der Waals surface area contributed by atoms with Crippen molar-refractivity contribution >= 4 is 27.6 Å². The van der Waals surface area contributed by atoms with Crippen LogP contribution in [0.1, 0.15) is 26.0 Å². The number of pyridine rings is 1. The lowest BCUT2D eigenvalue weighted by molar-refractivity contribution is 0.484. The van der Waals surface area contributed by atoms with Crippen molar-refractivity contribution in [2.24, 2.45) is 17.3 Å². The summed E-state index contributed by atoms with van der Waals surface area (Å²) in [7, 11) is 0. The molecule has 264 valence electrons. The lowest BCUT2D eigenvalue weighted by Crippen LogP contribution is -2.46. The summed E-state index contributed by atoms with van der Waals surface area (Å²) in [6.07, 6.45) is 25.4. The zero-order valence-electron chi connectivity index (χ0n) is 30.7. The Balaban J connectivity index is 1.22. The average Bonchev–Trinajstić information content (AvgIpc) is 3.24. The molecule has 0 radical (unpaired) electrons. The van der Waals surface area contributed by atoms with Crippen LogP contribution in [0.2, 0.25) is 0 Å². The predicted molar refractivity (Wildman–Crippen MR) is 224 cm³/mol. The Morgan fingerprint density at radius 2 is 1.44 bits per heavy atom. The molecule has 0 saturated heterocycles. The number of rotatable bonds is 5. The second-order valence-corrected chi connectivity index (χ2v) is 15.2. The molecule has 0 amide bonds. The first-order valence-electron chi connectivity index (χ1n) is 19.1. The van der Waals surface area contributed by atoms with Gasteiger partial charge in [0.2, 0.25) is 0 Å². The maximum Gasteiger partial charge on any atom is 0.160 e. The summed E-state index contributed by atoms with van der Waals surface area (Å²) in [5.74, 6) is 1.05. The fraction of sp³-hybridized carbons (Fsp3) is 0.118. The van der Waals surface area contributed by atoms with Crippen LogP contribution in [-0.2, 0) is 0 Å². The van der Waals surface area contributed by atoms with Crippen molar-refractivity contribution in [1.29, 1.82) is 0 Å². The van der Waals surface area contributed by atoms with Gasteiger partial charge in [-0.25, -0.2) is 19.3 Å². The SMILES string of the molecule is CC1C=CC(c2cc(-c3ccccc3)nc(-c3cccc(-c4cccc5c6c(c(-c7ccc(F)cc7)nc45)=C4C=CC=CC4C4(C)C=CC=CC=64)c3)n2)=CC1. The van der Waals surface area contributed by atoms with Crippen molar-refractivity contribution < 1.29 is 4.39 Å². The van der Waals surface area contributed by atoms with Crippen LogP contribution in [0.4, 0.5) is 4.39 Å². The first-order valence-corrected chi connectivity index (χ1v) is 19.1. The molecule has 2 heterocycles. The van der Waals surface area contributed by atoms with Crippen molar-refractivity contribution in [1.82, 2.24) is 15.0 Å². The van der Waals surface area contributed by atoms with Gasteiger partial charge in [-0.2, -0.15) is 0 Å². The molecule has 6 aromatic rings. The Kier molecular flexibility index (Phi) is 7.88. The molecule has 3 nitrogen and oxygen atoms in total. The quantitative estimate of drug-likeness (QED) is 0.179. The highest BCUT2D eigenvalue weighted by atomic mass is 19.1. The van der Waals surface area contributed by atoms with Crippen LogP contribution < -0.4 is 10.4 Å². The largest absolute Gasteiger partial charge is 0.246 e. The molecule has 3 unspecified atom stereocenters. The maximum atomic E-state index is 14.4. The van der Waals surface area contributed by atoms with Crippen LogP contribution in [0.5, 0.6) is 0 Å². The number of hydrogen-bond acceptors (Lipinski definition) is 3. The zero-order valence-corrected chi connectivity index (χ0v) is 30.7. The summed E-state index contributed by atoms with van der Waals surface area (Å²) in [6.45, 7) is 4.57. The number of fused-ring (bicyclic) bond motifs is 6. The number of allylic oxidation sites excluding steroid dienone is 12. The molecule has 4 aliphatic carbocycles. The van der Waals surface area contributed by atoms with Crippen molar-refractivity contribution in [3.05, 3.63) is 192 Å². The first-order chi connectivity index (χ1) is 26.9. The topological polar surface area (TPSA) is 38.7 Å². The van der Waals surface area contributed by atoms with E-state index >= 15 is 0 Å². The van der Waals surface area contributed by atoms with Crippen LogP contribution in [-0.4, -0.2) is 15.0 Å². The minimum atomic E-state index is -0.267. The molecule has 0 spiro atoms. The van der Waals surface area contributed by atoms with Gasteiger partial charge in [0.1, 0.15) is 5.82 Å². The molecule has 0 saturated carbocycles. The fourth-order valence-electron chi connectivity index (χ4n) is 8.73. The summed E-state index contributed by atoms with van der Waals surface area (Å²) in [5, 5.41) is 3.39. The number of nitrogens with zero attached hydrogens (tertiary/aromatic N) is 3. The van der Waals surface area contributed by atoms with E-state index in [0.29, 0.717) is 11.7 Å². The van der Waals surface area contributed by atoms with E-state index in [-0.39, 0.29) is 17.2 Å². The van der Waals surface area contributed by atoms with Crippen LogP contribution in [0.15, 0.2) is 170 Å². The van der Waals surface area contributed by atoms with E-state index < -0.39 is 0 Å². The average molecular weight is 712 g/mol. The number of halogens is 1. The van der Waals surface area contributed by atoms with Crippen LogP contribution in [0, 0.1) is 23.1 Å². The Hall–Kier alpha value is -6.52. The molecule has 3 atom stereocenters. The molecule has 4 heteroatoms. The van der Waals surface area contributed by atoms with Crippen molar-refractivity contribution in [3.63, 3.8) is 0 Å². The molecular weight excluding hydrogens is 674 g/mol. The van der Waals surface area contributed by atoms with Gasteiger partial charge in [0.05, 0.1) is 22.6 Å². The summed E-state index contributed by atoms with van der Waals surface area (Å²) in [5.41, 5.74) is 11.8. The smallest absolute Gasteiger partial charge is 0.160 e. The number of benzene rings is 4. The van der Waals surface area contributed by atoms with Gasteiger partial charge in [-0.1, -0.05) is 147 Å². The molecule has 4 aromatic carbocycles. The van der Waals surface area contributed by atoms with Gasteiger partial charge in [-0.05, 0) is 76.2 Å². The summed E-state index contributed by atoms with van der Waals surface area (Å²) < 4.78 is 14.4. The molecule has 0 N–H and O–H groups in total. The first kappa shape index (κ1) is 33.1. The molecular formula is C51H38FN3. The molecule has 10 rings (SSSR count). The third-order valence-corrected chi connectivity index (χ3v) is 11.6. The normalized spacial score (nSPS) is 20.7. The van der Waals surface area contributed by atoms with E-state index in [2.05, 4.69) is 141 Å². The zero-order chi connectivity index (χ0) is 37.1. The van der Waals surface area contributed by atoms with Gasteiger partial charge in [-0.3, -0.25) is 0 Å². The number of aromatic nitrogens is 3. The fourth-order valence-corrected chi connectivity index (χ4v) is 8.73. The molecule has 0 aliphatic heterocycles. The monoisotopic (exact) mass is 711 g/mol. The van der Waals surface area contributed by atoms with Gasteiger partial charge < -0.3 is 0 Å². The second kappa shape index (κ2) is 13.1. The lowest BCUT2D eigenvalue weighted by Gasteiger charge is -2.41. The minimum absolute atomic E-state index is 0.138. The van der Waals surface area contributed by atoms with Crippen molar-refractivity contribution in [3.8, 4) is 45.0 Å². The van der Waals surface area contributed by atoms with Crippen LogP contribution in [0.3, 0.4) is 0 Å². The minimum Gasteiger partial charge on any atom is -0.246 e. The van der Waals surface area contributed by atoms with Gasteiger partial charge >= 0.3 is 0 Å². The van der Waals surface area contributed by atoms with E-state index in [1.54, 1.807) is 0 Å². The summed E-state index contributed by atoms with van der Waals surface area (Å²) in [6, 6.07) is 34.2. The Morgan fingerprint density at radius 1 is 0.655 bits per heavy atom. The highest BCUT2D eigenvalue weighted by Crippen LogP contribution is 2.48. The van der Waals surface area contributed by atoms with Gasteiger partial charge in [0, 0.05) is 44.2 Å². The van der Waals surface area contributed by atoms with Gasteiger partial charge in [-0.15, -0.1) is 0 Å². The van der Waals surface area contributed by atoms with E-state index in [1.165, 1.54) is 28.5 Å². The number of hydrogen-bond donors (Lipinski definition) is 0. The highest BCUT2D eigenvalue weighted by Gasteiger charge is 2.40. The molecule has 55 heavy (non-hydrogen) atoms. The molecule has 0 fully saturated rings. The standard InChI is InChI=1S/C51H38FN3/c1-32-21-23-34(24-22-32)45-31-44(33-12-4-3-5-13-33)53-50(54-45)37-15-10-14-36(30-37)39-17-11-18-41-46-43-20-8-9-29-51(43,2)42-19-7-6-16-40(42)47(46)48(55-49(39)41)35-25-27-38(52)28-26-35/h3-21,23-32,42H,22H2,1-2H3. The third-order valence-electron chi connectivity index (χ3n) is 11.6. The maximum absolute atomic E-state index is 14.4.